The summed E-state index contributed by atoms with van der Waals surface area (Å²) in [4.78, 5) is 4.44. The van der Waals surface area contributed by atoms with Gasteiger partial charge in [0.2, 0.25) is 0 Å². The van der Waals surface area contributed by atoms with Crippen molar-refractivity contribution in [2.75, 3.05) is 6.61 Å². The van der Waals surface area contributed by atoms with Gasteiger partial charge in [0.05, 0.1) is 0 Å². The predicted octanol–water partition coefficient (Wildman–Crippen LogP) is 1.60. The average Bonchev–Trinajstić information content (AvgIpc) is 2.65. The van der Waals surface area contributed by atoms with Crippen LogP contribution in [0.2, 0.25) is 0 Å². The second-order valence-electron chi connectivity index (χ2n) is 4.13. The number of hydrogen-bond donors (Lipinski definition) is 2. The van der Waals surface area contributed by atoms with Crippen molar-refractivity contribution in [1.29, 1.82) is 0 Å². The van der Waals surface area contributed by atoms with Crippen molar-refractivity contribution in [3.8, 4) is 5.75 Å². The summed E-state index contributed by atoms with van der Waals surface area (Å²) in [5.41, 5.74) is 6.65. The Balaban J connectivity index is 2.10. The van der Waals surface area contributed by atoms with Gasteiger partial charge >= 0.3 is 0 Å². The van der Waals surface area contributed by atoms with Crippen LogP contribution in [0.5, 0.6) is 5.75 Å². The Kier molecular flexibility index (Phi) is 3.10. The van der Waals surface area contributed by atoms with E-state index in [0.717, 1.165) is 5.56 Å². The summed E-state index contributed by atoms with van der Waals surface area (Å²) < 4.78 is 5.46. The topological polar surface area (TPSA) is 67.8 Å². The van der Waals surface area contributed by atoms with Gasteiger partial charge in [-0.05, 0) is 24.6 Å². The van der Waals surface area contributed by atoms with Gasteiger partial charge in [-0.2, -0.15) is 0 Å². The van der Waals surface area contributed by atoms with Crippen LogP contribution < -0.4 is 5.73 Å². The van der Waals surface area contributed by atoms with E-state index in [4.69, 9.17) is 10.5 Å². The van der Waals surface area contributed by atoms with Gasteiger partial charge < -0.3 is 15.6 Å². The Morgan fingerprint density at radius 2 is 2.44 bits per heavy atom. The Morgan fingerprint density at radius 3 is 3.12 bits per heavy atom. The van der Waals surface area contributed by atoms with Crippen molar-refractivity contribution in [1.82, 2.24) is 0 Å². The number of phenolic OH excluding ortho intramolecular Hbond substituents is 1. The molecule has 0 saturated carbocycles. The highest BCUT2D eigenvalue weighted by molar-refractivity contribution is 5.78. The van der Waals surface area contributed by atoms with E-state index in [1.54, 1.807) is 12.1 Å². The summed E-state index contributed by atoms with van der Waals surface area (Å²) in [6.45, 7) is 2.46. The normalized spacial score (nSPS) is 21.4. The van der Waals surface area contributed by atoms with Crippen LogP contribution in [0.25, 0.3) is 0 Å². The van der Waals surface area contributed by atoms with Crippen molar-refractivity contribution in [3.63, 3.8) is 0 Å². The average molecular weight is 220 g/mol. The molecular weight excluding hydrogens is 204 g/mol. The highest BCUT2D eigenvalue weighted by Gasteiger charge is 2.21. The second kappa shape index (κ2) is 4.53. The highest BCUT2D eigenvalue weighted by atomic mass is 16.5. The van der Waals surface area contributed by atoms with Crippen LogP contribution in [-0.2, 0) is 4.74 Å². The van der Waals surface area contributed by atoms with Gasteiger partial charge in [0, 0.05) is 12.5 Å². The Bertz CT molecular complexity index is 402. The summed E-state index contributed by atoms with van der Waals surface area (Å²) >= 11 is 0. The van der Waals surface area contributed by atoms with Crippen LogP contribution in [0.4, 0.5) is 0 Å². The zero-order valence-electron chi connectivity index (χ0n) is 9.26. The Labute approximate surface area is 94.8 Å². The van der Waals surface area contributed by atoms with E-state index in [1.807, 2.05) is 19.1 Å². The lowest BCUT2D eigenvalue weighted by Crippen LogP contribution is -2.19. The van der Waals surface area contributed by atoms with E-state index in [0.29, 0.717) is 18.9 Å². The molecule has 1 aliphatic rings. The number of hydrogen-bond acceptors (Lipinski definition) is 4. The fraction of sp³-hybridized carbons (Fsp3) is 0.417. The molecule has 1 aromatic rings. The molecule has 0 radical (unpaired) electrons. The molecule has 4 heteroatoms. The molecule has 1 heterocycles. The molecule has 0 fully saturated rings. The van der Waals surface area contributed by atoms with Crippen LogP contribution >= 0.6 is 0 Å². The maximum absolute atomic E-state index is 9.38. The molecule has 0 amide bonds. The molecule has 1 aliphatic heterocycles. The molecule has 0 bridgehead atoms. The van der Waals surface area contributed by atoms with Crippen molar-refractivity contribution in [2.24, 2.45) is 10.7 Å². The molecule has 0 spiro atoms. The van der Waals surface area contributed by atoms with E-state index >= 15 is 0 Å². The summed E-state index contributed by atoms with van der Waals surface area (Å²) in [5, 5.41) is 9.38. The van der Waals surface area contributed by atoms with Crippen molar-refractivity contribution in [3.05, 3.63) is 29.8 Å². The molecule has 86 valence electrons. The molecule has 0 aliphatic carbocycles. The highest BCUT2D eigenvalue weighted by Crippen LogP contribution is 2.26. The van der Waals surface area contributed by atoms with Crippen molar-refractivity contribution in [2.45, 2.75) is 25.4 Å². The maximum atomic E-state index is 9.38. The number of benzene rings is 1. The molecule has 0 saturated heterocycles. The largest absolute Gasteiger partial charge is 0.508 e. The smallest absolute Gasteiger partial charge is 0.185 e. The van der Waals surface area contributed by atoms with Crippen molar-refractivity contribution >= 4 is 5.90 Å². The molecular formula is C12H16N2O2. The number of aromatic hydroxyl groups is 1. The lowest BCUT2D eigenvalue weighted by Gasteiger charge is -2.04. The first-order valence-corrected chi connectivity index (χ1v) is 5.39. The fourth-order valence-corrected chi connectivity index (χ4v) is 1.71. The molecule has 4 nitrogen and oxygen atoms in total. The summed E-state index contributed by atoms with van der Waals surface area (Å²) in [5.74, 6) is 0.969. The van der Waals surface area contributed by atoms with Gasteiger partial charge in [-0.15, -0.1) is 0 Å². The number of phenols is 1. The van der Waals surface area contributed by atoms with Crippen LogP contribution in [0.15, 0.2) is 29.3 Å². The van der Waals surface area contributed by atoms with Gasteiger partial charge in [0.1, 0.15) is 18.4 Å². The molecule has 2 atom stereocenters. The zero-order chi connectivity index (χ0) is 11.5. The van der Waals surface area contributed by atoms with Crippen LogP contribution in [0.3, 0.4) is 0 Å². The summed E-state index contributed by atoms with van der Waals surface area (Å²) in [6.07, 6.45) is 0.662. The molecule has 1 aromatic carbocycles. The first-order valence-electron chi connectivity index (χ1n) is 5.39. The minimum atomic E-state index is -0.0131. The van der Waals surface area contributed by atoms with E-state index < -0.39 is 0 Å². The minimum absolute atomic E-state index is 0.0131. The van der Waals surface area contributed by atoms with E-state index in [-0.39, 0.29) is 17.8 Å². The third-order valence-electron chi connectivity index (χ3n) is 2.46. The van der Waals surface area contributed by atoms with Crippen LogP contribution in [0, 0.1) is 0 Å². The van der Waals surface area contributed by atoms with Gasteiger partial charge in [-0.3, -0.25) is 0 Å². The number of rotatable bonds is 3. The number of ether oxygens (including phenoxy) is 1. The molecule has 2 unspecified atom stereocenters. The summed E-state index contributed by atoms with van der Waals surface area (Å²) in [6, 6.07) is 7.15. The fourth-order valence-electron chi connectivity index (χ4n) is 1.71. The van der Waals surface area contributed by atoms with Gasteiger partial charge in [-0.25, -0.2) is 4.99 Å². The molecule has 3 N–H and O–H groups in total. The maximum Gasteiger partial charge on any atom is 0.185 e. The Hall–Kier alpha value is -1.55. The first kappa shape index (κ1) is 11.0. The lowest BCUT2D eigenvalue weighted by molar-refractivity contribution is 0.309. The van der Waals surface area contributed by atoms with Crippen LogP contribution in [0.1, 0.15) is 24.9 Å². The van der Waals surface area contributed by atoms with E-state index in [9.17, 15) is 5.11 Å². The predicted molar refractivity (Wildman–Crippen MR) is 62.5 cm³/mol. The number of aliphatic imine (C=N–C) groups is 1. The molecule has 2 rings (SSSR count). The molecule has 0 aromatic heterocycles. The SMILES string of the molecule is CC(N)CC1=NC(c2cccc(O)c2)CO1. The number of nitrogens with two attached hydrogens (primary N) is 1. The van der Waals surface area contributed by atoms with Crippen molar-refractivity contribution < 1.29 is 9.84 Å². The second-order valence-corrected chi connectivity index (χ2v) is 4.13. The van der Waals surface area contributed by atoms with Gasteiger partial charge in [0.15, 0.2) is 5.90 Å². The monoisotopic (exact) mass is 220 g/mol. The quantitative estimate of drug-likeness (QED) is 0.813. The zero-order valence-corrected chi connectivity index (χ0v) is 9.26. The summed E-state index contributed by atoms with van der Waals surface area (Å²) in [7, 11) is 0. The molecule has 16 heavy (non-hydrogen) atoms. The number of nitrogens with zero attached hydrogens (tertiary/aromatic N) is 1. The van der Waals surface area contributed by atoms with Crippen LogP contribution in [-0.4, -0.2) is 23.7 Å². The Morgan fingerprint density at radius 1 is 1.62 bits per heavy atom. The lowest BCUT2D eigenvalue weighted by atomic mass is 10.1. The third kappa shape index (κ3) is 2.52. The van der Waals surface area contributed by atoms with Gasteiger partial charge in [-0.1, -0.05) is 12.1 Å². The first-order chi connectivity index (χ1) is 7.65. The standard InChI is InChI=1S/C12H16N2O2/c1-8(13)5-12-14-11(7-16-12)9-3-2-4-10(15)6-9/h2-4,6,8,11,15H,5,7,13H2,1H3. The minimum Gasteiger partial charge on any atom is -0.508 e. The third-order valence-corrected chi connectivity index (χ3v) is 2.46. The van der Waals surface area contributed by atoms with E-state index in [1.165, 1.54) is 0 Å². The van der Waals surface area contributed by atoms with E-state index in [2.05, 4.69) is 4.99 Å². The van der Waals surface area contributed by atoms with Gasteiger partial charge in [0.25, 0.3) is 0 Å².